The van der Waals surface area contributed by atoms with Gasteiger partial charge in [-0.05, 0) is 127 Å². The smallest absolute Gasteiger partial charge is 0.0235 e. The van der Waals surface area contributed by atoms with Gasteiger partial charge in [0.25, 0.3) is 0 Å². The molecule has 0 aromatic carbocycles. The summed E-state index contributed by atoms with van der Waals surface area (Å²) in [6.07, 6.45) is 22.5. The molecule has 0 aliphatic heterocycles. The van der Waals surface area contributed by atoms with E-state index in [0.29, 0.717) is 27.1 Å². The van der Waals surface area contributed by atoms with Gasteiger partial charge in [0.2, 0.25) is 0 Å². The van der Waals surface area contributed by atoms with Crippen molar-refractivity contribution >= 4 is 0 Å². The molecule has 0 saturated heterocycles. The second-order valence-electron chi connectivity index (χ2n) is 16.3. The van der Waals surface area contributed by atoms with Crippen molar-refractivity contribution < 1.29 is 0 Å². The second-order valence-corrected chi connectivity index (χ2v) is 16.3. The number of hydrogen-bond acceptors (Lipinski definition) is 0. The first-order valence-corrected chi connectivity index (χ1v) is 15.9. The van der Waals surface area contributed by atoms with E-state index in [1.807, 2.05) is 0 Å². The van der Waals surface area contributed by atoms with Gasteiger partial charge in [-0.1, -0.05) is 87.5 Å². The lowest BCUT2D eigenvalue weighted by molar-refractivity contribution is -0.241. The predicted molar refractivity (Wildman–Crippen MR) is 148 cm³/mol. The molecule has 0 bridgehead atoms. The topological polar surface area (TPSA) is 0 Å². The van der Waals surface area contributed by atoms with Crippen molar-refractivity contribution in [2.24, 2.45) is 62.6 Å². The Morgan fingerprint density at radius 1 is 0.647 bits per heavy atom. The summed E-state index contributed by atoms with van der Waals surface area (Å²) in [4.78, 5) is 0. The molecule has 0 aromatic heterocycles. The Kier molecular flexibility index (Phi) is 6.42. The van der Waals surface area contributed by atoms with Crippen LogP contribution in [0.2, 0.25) is 0 Å². The van der Waals surface area contributed by atoms with Gasteiger partial charge in [0.15, 0.2) is 0 Å². The highest BCUT2D eigenvalue weighted by atomic mass is 14.7. The monoisotopic (exact) mass is 468 g/mol. The molecule has 0 unspecified atom stereocenters. The summed E-state index contributed by atoms with van der Waals surface area (Å²) in [6, 6.07) is 0. The zero-order valence-corrected chi connectivity index (χ0v) is 24.6. The molecule has 34 heavy (non-hydrogen) atoms. The molecule has 5 fully saturated rings. The van der Waals surface area contributed by atoms with Crippen molar-refractivity contribution in [3.05, 3.63) is 0 Å². The van der Waals surface area contributed by atoms with Crippen molar-refractivity contribution in [3.8, 4) is 0 Å². The minimum atomic E-state index is 0.558. The zero-order chi connectivity index (χ0) is 24.6. The summed E-state index contributed by atoms with van der Waals surface area (Å²) in [5, 5.41) is 0. The van der Waals surface area contributed by atoms with Crippen LogP contribution in [0.5, 0.6) is 0 Å². The van der Waals surface area contributed by atoms with Gasteiger partial charge in [-0.25, -0.2) is 0 Å². The van der Waals surface area contributed by atoms with E-state index in [1.165, 1.54) is 77.0 Å². The highest BCUT2D eigenvalue weighted by Crippen LogP contribution is 2.78. The molecule has 0 heterocycles. The molecule has 0 nitrogen and oxygen atoms in total. The van der Waals surface area contributed by atoms with E-state index in [-0.39, 0.29) is 0 Å². The molecule has 5 aliphatic carbocycles. The van der Waals surface area contributed by atoms with Gasteiger partial charge < -0.3 is 0 Å². The predicted octanol–water partition coefficient (Wildman–Crippen LogP) is 10.7. The van der Waals surface area contributed by atoms with Crippen LogP contribution in [0.25, 0.3) is 0 Å². The second kappa shape index (κ2) is 8.51. The third kappa shape index (κ3) is 3.41. The normalized spacial score (nSPS) is 52.8. The summed E-state index contributed by atoms with van der Waals surface area (Å²) in [7, 11) is 0. The maximum atomic E-state index is 2.83. The van der Waals surface area contributed by atoms with E-state index in [1.54, 1.807) is 19.3 Å². The van der Waals surface area contributed by atoms with Crippen LogP contribution in [0, 0.1) is 62.6 Å². The molecule has 5 aliphatic rings. The van der Waals surface area contributed by atoms with E-state index in [0.717, 1.165) is 35.5 Å². The van der Waals surface area contributed by atoms with Crippen molar-refractivity contribution in [3.63, 3.8) is 0 Å². The fourth-order valence-corrected chi connectivity index (χ4v) is 12.9. The molecule has 0 N–H and O–H groups in total. The van der Waals surface area contributed by atoms with Crippen molar-refractivity contribution in [2.75, 3.05) is 0 Å². The Morgan fingerprint density at radius 3 is 1.97 bits per heavy atom. The Morgan fingerprint density at radius 2 is 1.29 bits per heavy atom. The van der Waals surface area contributed by atoms with E-state index in [2.05, 4.69) is 55.4 Å². The third-order valence-corrected chi connectivity index (χ3v) is 14.8. The highest BCUT2D eigenvalue weighted by Gasteiger charge is 2.70. The standard InChI is InChI=1S/C34H60/c1-9-10-11-13-24(2)25-16-21-31(5)26(25)17-22-33(7)28(31)14-15-29-32(6)20-12-19-30(3,4)27(32)18-23-34(29,33)8/h24-29H,9-23H2,1-8H3/t24-,25-,26-,27+,28-,29-,31+,32+,33-,34-/m1/s1. The Bertz CT molecular complexity index is 749. The van der Waals surface area contributed by atoms with Gasteiger partial charge in [0.1, 0.15) is 0 Å². The van der Waals surface area contributed by atoms with Crippen molar-refractivity contribution in [1.29, 1.82) is 0 Å². The molecule has 0 amide bonds. The molecule has 5 rings (SSSR count). The van der Waals surface area contributed by atoms with Crippen LogP contribution >= 0.6 is 0 Å². The van der Waals surface area contributed by atoms with Gasteiger partial charge in [-0.15, -0.1) is 0 Å². The Balaban J connectivity index is 1.41. The van der Waals surface area contributed by atoms with Gasteiger partial charge in [0.05, 0.1) is 0 Å². The third-order valence-electron chi connectivity index (χ3n) is 14.8. The number of rotatable bonds is 5. The quantitative estimate of drug-likeness (QED) is 0.352. The van der Waals surface area contributed by atoms with Crippen LogP contribution in [-0.2, 0) is 0 Å². The average molecular weight is 469 g/mol. The van der Waals surface area contributed by atoms with Crippen LogP contribution in [0.1, 0.15) is 152 Å². The number of fused-ring (bicyclic) bond motifs is 7. The van der Waals surface area contributed by atoms with Gasteiger partial charge in [-0.3, -0.25) is 0 Å². The molecule has 10 atom stereocenters. The maximum Gasteiger partial charge on any atom is -0.0235 e. The Labute approximate surface area is 214 Å². The molecular weight excluding hydrogens is 408 g/mol. The lowest BCUT2D eigenvalue weighted by atomic mass is 9.32. The first kappa shape index (κ1) is 25.6. The molecule has 0 radical (unpaired) electrons. The molecule has 0 aromatic rings. The number of unbranched alkanes of at least 4 members (excludes halogenated alkanes) is 2. The lowest BCUT2D eigenvalue weighted by Gasteiger charge is -2.73. The van der Waals surface area contributed by atoms with Crippen LogP contribution in [0.3, 0.4) is 0 Å². The van der Waals surface area contributed by atoms with Crippen LogP contribution in [0.15, 0.2) is 0 Å². The maximum absolute atomic E-state index is 2.83. The SMILES string of the molecule is CCCCC[C@@H](C)[C@H]1CC[C@@]2(C)[C@@H]1CC[C@]1(C)[C@@H]2CC[C@@H]2[C@@]3(C)CCCC(C)(C)[C@@H]3CC[C@]21C. The van der Waals surface area contributed by atoms with Crippen molar-refractivity contribution in [2.45, 2.75) is 152 Å². The minimum absolute atomic E-state index is 0.558. The summed E-state index contributed by atoms with van der Waals surface area (Å²) in [6.45, 7) is 21.5. The molecular formula is C34H60. The first-order chi connectivity index (χ1) is 15.9. The number of hydrogen-bond donors (Lipinski definition) is 0. The van der Waals surface area contributed by atoms with E-state index in [9.17, 15) is 0 Å². The average Bonchev–Trinajstić information content (AvgIpc) is 3.11. The Hall–Kier alpha value is 0. The minimum Gasteiger partial charge on any atom is -0.0654 e. The molecule has 5 saturated carbocycles. The van der Waals surface area contributed by atoms with E-state index in [4.69, 9.17) is 0 Å². The van der Waals surface area contributed by atoms with Gasteiger partial charge in [0, 0.05) is 0 Å². The largest absolute Gasteiger partial charge is 0.0654 e. The summed E-state index contributed by atoms with van der Waals surface area (Å²) >= 11 is 0. The lowest BCUT2D eigenvalue weighted by Crippen LogP contribution is -2.65. The molecule has 196 valence electrons. The zero-order valence-electron chi connectivity index (χ0n) is 24.6. The molecule has 0 heteroatoms. The van der Waals surface area contributed by atoms with Crippen molar-refractivity contribution in [1.82, 2.24) is 0 Å². The first-order valence-electron chi connectivity index (χ1n) is 15.9. The van der Waals surface area contributed by atoms with Gasteiger partial charge in [-0.2, -0.15) is 0 Å². The van der Waals surface area contributed by atoms with Crippen LogP contribution in [-0.4, -0.2) is 0 Å². The van der Waals surface area contributed by atoms with Crippen LogP contribution in [0.4, 0.5) is 0 Å². The fourth-order valence-electron chi connectivity index (χ4n) is 12.9. The van der Waals surface area contributed by atoms with Gasteiger partial charge >= 0.3 is 0 Å². The fraction of sp³-hybridized carbons (Fsp3) is 1.00. The summed E-state index contributed by atoms with van der Waals surface area (Å²) in [5.74, 6) is 5.88. The van der Waals surface area contributed by atoms with E-state index < -0.39 is 0 Å². The highest BCUT2D eigenvalue weighted by molar-refractivity contribution is 5.19. The molecule has 0 spiro atoms. The summed E-state index contributed by atoms with van der Waals surface area (Å²) in [5.41, 5.74) is 2.90. The summed E-state index contributed by atoms with van der Waals surface area (Å²) < 4.78 is 0. The van der Waals surface area contributed by atoms with Crippen LogP contribution < -0.4 is 0 Å². The van der Waals surface area contributed by atoms with E-state index >= 15 is 0 Å².